The molecular weight excluding hydrogens is 591 g/mol. The zero-order chi connectivity index (χ0) is 31.0. The molecule has 0 heterocycles. The van der Waals surface area contributed by atoms with Gasteiger partial charge in [-0.1, -0.05) is 66.7 Å². The maximum absolute atomic E-state index is 14.4. The molecule has 42 heavy (non-hydrogen) atoms. The van der Waals surface area contributed by atoms with Gasteiger partial charge in [-0.25, -0.2) is 12.8 Å². The van der Waals surface area contributed by atoms with Crippen molar-refractivity contribution in [2.45, 2.75) is 60.4 Å². The lowest BCUT2D eigenvalue weighted by molar-refractivity contribution is -0.392. The van der Waals surface area contributed by atoms with E-state index in [1.807, 2.05) is 0 Å². The summed E-state index contributed by atoms with van der Waals surface area (Å²) in [6.07, 6.45) is -12.3. The second-order valence-corrected chi connectivity index (χ2v) is 12.4. The predicted octanol–water partition coefficient (Wildman–Crippen LogP) is 7.68. The van der Waals surface area contributed by atoms with Gasteiger partial charge in [0.25, 0.3) is 5.60 Å². The van der Waals surface area contributed by atoms with Gasteiger partial charge in [-0.3, -0.25) is 0 Å². The van der Waals surface area contributed by atoms with Gasteiger partial charge >= 0.3 is 12.4 Å². The topological polar surface area (TPSA) is 76.0 Å². The quantitative estimate of drug-likeness (QED) is 0.128. The lowest BCUT2D eigenvalue weighted by atomic mass is 9.76. The van der Waals surface area contributed by atoms with Crippen LogP contribution in [-0.4, -0.2) is 31.7 Å². The van der Waals surface area contributed by atoms with Crippen molar-refractivity contribution in [1.29, 1.82) is 0 Å². The Morgan fingerprint density at radius 1 is 0.905 bits per heavy atom. The molecule has 1 fully saturated rings. The Kier molecular flexibility index (Phi) is 8.49. The number of alkyl halides is 6. The van der Waals surface area contributed by atoms with Crippen molar-refractivity contribution in [3.05, 3.63) is 101 Å². The van der Waals surface area contributed by atoms with E-state index in [0.29, 0.717) is 17.8 Å². The Balaban J connectivity index is 1.86. The largest absolute Gasteiger partial charge is 0.430 e. The van der Waals surface area contributed by atoms with Gasteiger partial charge in [0.05, 0.1) is 17.2 Å². The van der Waals surface area contributed by atoms with Crippen molar-refractivity contribution < 1.29 is 49.1 Å². The number of oxime groups is 1. The Hall–Kier alpha value is -3.45. The van der Waals surface area contributed by atoms with E-state index in [1.165, 1.54) is 24.3 Å². The molecule has 1 aliphatic rings. The molecule has 0 radical (unpaired) electrons. The molecule has 2 unspecified atom stereocenters. The van der Waals surface area contributed by atoms with Gasteiger partial charge in [-0.2, -0.15) is 26.3 Å². The minimum Gasteiger partial charge on any atom is -0.411 e. The molecule has 2 atom stereocenters. The SMILES string of the molecule is CC1CC(c2ccc(C(OCc3ccccc3)(C(F)(F)F)C(F)(F)F)cc2)(S(=O)(=O)c2ccc(F)cc2)CCC1=NO. The fourth-order valence-electron chi connectivity index (χ4n) is 5.45. The molecular formula is C29H26F7NO4S. The fourth-order valence-corrected chi connectivity index (χ4v) is 7.68. The van der Waals surface area contributed by atoms with Crippen molar-refractivity contribution in [3.63, 3.8) is 0 Å². The summed E-state index contributed by atoms with van der Waals surface area (Å²) in [6, 6.07) is 14.0. The van der Waals surface area contributed by atoms with Gasteiger partial charge in [-0.05, 0) is 60.6 Å². The maximum Gasteiger partial charge on any atom is 0.430 e. The Labute approximate surface area is 237 Å². The van der Waals surface area contributed by atoms with Crippen LogP contribution in [-0.2, 0) is 31.5 Å². The Morgan fingerprint density at radius 2 is 1.48 bits per heavy atom. The first kappa shape index (κ1) is 31.5. The number of benzene rings is 3. The number of rotatable bonds is 7. The van der Waals surface area contributed by atoms with Gasteiger partial charge in [0.15, 0.2) is 9.84 Å². The van der Waals surface area contributed by atoms with E-state index in [-0.39, 0.29) is 35.3 Å². The van der Waals surface area contributed by atoms with Crippen LogP contribution >= 0.6 is 0 Å². The Bertz CT molecular complexity index is 1510. The second-order valence-electron chi connectivity index (χ2n) is 10.2. The number of nitrogens with zero attached hydrogens (tertiary/aromatic N) is 1. The average molecular weight is 618 g/mol. The van der Waals surface area contributed by atoms with Crippen LogP contribution in [0.3, 0.4) is 0 Å². The van der Waals surface area contributed by atoms with Crippen LogP contribution in [0.15, 0.2) is 88.9 Å². The van der Waals surface area contributed by atoms with Crippen molar-refractivity contribution >= 4 is 15.5 Å². The zero-order valence-electron chi connectivity index (χ0n) is 22.1. The predicted molar refractivity (Wildman–Crippen MR) is 139 cm³/mol. The summed E-state index contributed by atoms with van der Waals surface area (Å²) in [5.74, 6) is -1.32. The first-order chi connectivity index (χ1) is 19.6. The van der Waals surface area contributed by atoms with Gasteiger partial charge in [0.2, 0.25) is 0 Å². The summed E-state index contributed by atoms with van der Waals surface area (Å²) in [5, 5.41) is 12.5. The number of ether oxygens (including phenoxy) is 1. The van der Waals surface area contributed by atoms with Crippen molar-refractivity contribution in [2.75, 3.05) is 0 Å². The van der Waals surface area contributed by atoms with Crippen molar-refractivity contribution in [2.24, 2.45) is 11.1 Å². The normalized spacial score (nSPS) is 21.4. The molecule has 0 amide bonds. The number of halogens is 7. The van der Waals surface area contributed by atoms with E-state index in [0.717, 1.165) is 36.4 Å². The molecule has 0 aliphatic heterocycles. The van der Waals surface area contributed by atoms with Crippen LogP contribution in [0.5, 0.6) is 0 Å². The first-order valence-electron chi connectivity index (χ1n) is 12.7. The lowest BCUT2D eigenvalue weighted by Gasteiger charge is -2.41. The highest BCUT2D eigenvalue weighted by molar-refractivity contribution is 7.92. The third kappa shape index (κ3) is 5.39. The van der Waals surface area contributed by atoms with Gasteiger partial charge in [-0.15, -0.1) is 0 Å². The first-order valence-corrected chi connectivity index (χ1v) is 14.2. The highest BCUT2D eigenvalue weighted by Crippen LogP contribution is 2.54. The standard InChI is InChI=1S/C29H26F7NO4S/c1-19-17-26(16-15-25(19)37-38,42(39,40)24-13-11-23(30)12-14-24)21-7-9-22(10-8-21)27(28(31,32)33,29(34,35)36)41-18-20-5-3-2-4-6-20/h2-14,19,38H,15-18H2,1H3. The Morgan fingerprint density at radius 3 is 1.98 bits per heavy atom. The van der Waals surface area contributed by atoms with Crippen LogP contribution in [0, 0.1) is 11.7 Å². The molecule has 0 bridgehead atoms. The van der Waals surface area contributed by atoms with Crippen LogP contribution in [0.1, 0.15) is 42.9 Å². The number of sulfone groups is 1. The molecule has 1 aliphatic carbocycles. The summed E-state index contributed by atoms with van der Waals surface area (Å²) < 4.78 is 131. The third-order valence-electron chi connectivity index (χ3n) is 7.67. The van der Waals surface area contributed by atoms with E-state index >= 15 is 0 Å². The van der Waals surface area contributed by atoms with E-state index < -0.39 is 56.4 Å². The third-order valence-corrected chi connectivity index (χ3v) is 10.2. The van der Waals surface area contributed by atoms with E-state index in [4.69, 9.17) is 0 Å². The minimum atomic E-state index is -5.94. The van der Waals surface area contributed by atoms with Crippen LogP contribution in [0.25, 0.3) is 0 Å². The number of hydrogen-bond acceptors (Lipinski definition) is 5. The maximum atomic E-state index is 14.4. The summed E-state index contributed by atoms with van der Waals surface area (Å²) in [7, 11) is -4.39. The molecule has 3 aromatic rings. The van der Waals surface area contributed by atoms with Gasteiger partial charge in [0.1, 0.15) is 10.6 Å². The molecule has 0 spiro atoms. The molecule has 4 rings (SSSR count). The second kappa shape index (κ2) is 11.3. The minimum absolute atomic E-state index is 0.0188. The van der Waals surface area contributed by atoms with Gasteiger partial charge in [0, 0.05) is 5.56 Å². The van der Waals surface area contributed by atoms with Crippen LogP contribution < -0.4 is 0 Å². The highest BCUT2D eigenvalue weighted by Gasteiger charge is 2.73. The molecule has 0 saturated heterocycles. The molecule has 1 saturated carbocycles. The summed E-state index contributed by atoms with van der Waals surface area (Å²) >= 11 is 0. The lowest BCUT2D eigenvalue weighted by Crippen LogP contribution is -2.55. The van der Waals surface area contributed by atoms with Crippen molar-refractivity contribution in [3.8, 4) is 0 Å². The molecule has 226 valence electrons. The van der Waals surface area contributed by atoms with E-state index in [2.05, 4.69) is 9.89 Å². The van der Waals surface area contributed by atoms with Crippen molar-refractivity contribution in [1.82, 2.24) is 0 Å². The molecule has 3 aromatic carbocycles. The number of hydrogen-bond donors (Lipinski definition) is 1. The molecule has 5 nitrogen and oxygen atoms in total. The van der Waals surface area contributed by atoms with E-state index in [1.54, 1.807) is 13.0 Å². The van der Waals surface area contributed by atoms with Crippen LogP contribution in [0.2, 0.25) is 0 Å². The summed E-state index contributed by atoms with van der Waals surface area (Å²) in [6.45, 7) is 0.582. The smallest absolute Gasteiger partial charge is 0.411 e. The molecule has 1 N–H and O–H groups in total. The molecule has 13 heteroatoms. The molecule has 0 aromatic heterocycles. The average Bonchev–Trinajstić information content (AvgIpc) is 2.93. The fraction of sp³-hybridized carbons (Fsp3) is 0.345. The monoisotopic (exact) mass is 617 g/mol. The summed E-state index contributed by atoms with van der Waals surface area (Å²) in [5.41, 5.74) is -5.69. The van der Waals surface area contributed by atoms with Crippen LogP contribution in [0.4, 0.5) is 30.7 Å². The van der Waals surface area contributed by atoms with Gasteiger partial charge < -0.3 is 9.94 Å². The van der Waals surface area contributed by atoms with E-state index in [9.17, 15) is 44.4 Å². The summed E-state index contributed by atoms with van der Waals surface area (Å²) in [4.78, 5) is -0.282. The zero-order valence-corrected chi connectivity index (χ0v) is 22.9. The highest BCUT2D eigenvalue weighted by atomic mass is 32.2.